The minimum absolute atomic E-state index is 0.000504. The highest BCUT2D eigenvalue weighted by molar-refractivity contribution is 7.91. The molecule has 6 nitrogen and oxygen atoms in total. The van der Waals surface area contributed by atoms with E-state index in [0.717, 1.165) is 0 Å². The Labute approximate surface area is 191 Å². The normalized spacial score (nSPS) is 16.4. The predicted molar refractivity (Wildman–Crippen MR) is 122 cm³/mol. The second-order valence-electron chi connectivity index (χ2n) is 8.58. The molecular formula is C24H23F2N3O3S. The number of hydrogen-bond acceptors (Lipinski definition) is 6. The van der Waals surface area contributed by atoms with Crippen molar-refractivity contribution in [3.05, 3.63) is 59.4 Å². The zero-order valence-electron chi connectivity index (χ0n) is 18.3. The van der Waals surface area contributed by atoms with E-state index in [1.807, 2.05) is 0 Å². The maximum Gasteiger partial charge on any atom is 0.152 e. The van der Waals surface area contributed by atoms with Gasteiger partial charge in [0.1, 0.15) is 22.9 Å². The molecule has 0 aliphatic carbocycles. The van der Waals surface area contributed by atoms with Crippen molar-refractivity contribution in [2.75, 3.05) is 24.6 Å². The average molecular weight is 472 g/mol. The fourth-order valence-corrected chi connectivity index (χ4v) is 4.86. The van der Waals surface area contributed by atoms with Crippen molar-refractivity contribution in [2.24, 2.45) is 0 Å². The molecule has 1 fully saturated rings. The van der Waals surface area contributed by atoms with Crippen LogP contribution in [-0.4, -0.2) is 58.6 Å². The summed E-state index contributed by atoms with van der Waals surface area (Å²) in [6.45, 7) is 3.60. The Kier molecular flexibility index (Phi) is 6.18. The number of hydrogen-bond donors (Lipinski definition) is 1. The van der Waals surface area contributed by atoms with Gasteiger partial charge in [0, 0.05) is 30.8 Å². The van der Waals surface area contributed by atoms with Crippen molar-refractivity contribution in [1.82, 2.24) is 14.9 Å². The van der Waals surface area contributed by atoms with Crippen LogP contribution in [0.15, 0.2) is 36.5 Å². The van der Waals surface area contributed by atoms with E-state index in [0.29, 0.717) is 27.9 Å². The second-order valence-corrected chi connectivity index (χ2v) is 10.9. The van der Waals surface area contributed by atoms with Crippen molar-refractivity contribution in [3.63, 3.8) is 0 Å². The van der Waals surface area contributed by atoms with Gasteiger partial charge in [-0.1, -0.05) is 18.1 Å². The van der Waals surface area contributed by atoms with Gasteiger partial charge in [-0.25, -0.2) is 22.2 Å². The first-order valence-electron chi connectivity index (χ1n) is 10.4. The minimum atomic E-state index is -3.07. The molecule has 0 radical (unpaired) electrons. The third-order valence-electron chi connectivity index (χ3n) is 5.34. The van der Waals surface area contributed by atoms with E-state index in [-0.39, 0.29) is 36.7 Å². The molecule has 0 atom stereocenters. The third kappa shape index (κ3) is 5.53. The smallest absolute Gasteiger partial charge is 0.152 e. The Balaban J connectivity index is 1.69. The fourth-order valence-electron chi connectivity index (χ4n) is 3.58. The largest absolute Gasteiger partial charge is 0.378 e. The zero-order chi connectivity index (χ0) is 23.8. The molecule has 0 spiro atoms. The summed E-state index contributed by atoms with van der Waals surface area (Å²) in [5.41, 5.74) is 0.823. The van der Waals surface area contributed by atoms with E-state index in [9.17, 15) is 22.3 Å². The number of rotatable bonds is 3. The topological polar surface area (TPSA) is 83.4 Å². The lowest BCUT2D eigenvalue weighted by Crippen LogP contribution is -2.40. The summed E-state index contributed by atoms with van der Waals surface area (Å²) in [6, 6.07) is 7.68. The summed E-state index contributed by atoms with van der Waals surface area (Å²) in [7, 11) is -3.07. The van der Waals surface area contributed by atoms with Gasteiger partial charge in [0.25, 0.3) is 0 Å². The third-order valence-corrected chi connectivity index (χ3v) is 6.95. The van der Waals surface area contributed by atoms with Gasteiger partial charge < -0.3 is 5.11 Å². The van der Waals surface area contributed by atoms with E-state index >= 15 is 0 Å². The van der Waals surface area contributed by atoms with Crippen molar-refractivity contribution in [2.45, 2.75) is 26.0 Å². The van der Waals surface area contributed by atoms with Gasteiger partial charge in [-0.2, -0.15) is 0 Å². The molecule has 0 unspecified atom stereocenters. The molecule has 1 aromatic heterocycles. The Bertz CT molecular complexity index is 1350. The maximum absolute atomic E-state index is 15.0. The highest BCUT2D eigenvalue weighted by atomic mass is 32.2. The van der Waals surface area contributed by atoms with Gasteiger partial charge in [-0.3, -0.25) is 9.88 Å². The lowest BCUT2D eigenvalue weighted by atomic mass is 10.0. The minimum Gasteiger partial charge on any atom is -0.378 e. The molecule has 0 amide bonds. The van der Waals surface area contributed by atoms with Gasteiger partial charge in [0.2, 0.25) is 0 Å². The summed E-state index contributed by atoms with van der Waals surface area (Å²) in [5.74, 6) is 4.00. The van der Waals surface area contributed by atoms with Gasteiger partial charge in [-0.05, 0) is 43.5 Å². The number of aliphatic hydroxyl groups is 1. The number of aromatic nitrogens is 2. The van der Waals surface area contributed by atoms with E-state index in [1.165, 1.54) is 18.3 Å². The average Bonchev–Trinajstić information content (AvgIpc) is 2.74. The van der Waals surface area contributed by atoms with Crippen LogP contribution in [0.5, 0.6) is 0 Å². The number of nitrogens with zero attached hydrogens (tertiary/aromatic N) is 3. The van der Waals surface area contributed by atoms with Gasteiger partial charge in [0.15, 0.2) is 9.84 Å². The lowest BCUT2D eigenvalue weighted by Gasteiger charge is -2.26. The van der Waals surface area contributed by atoms with Crippen molar-refractivity contribution >= 4 is 20.9 Å². The molecule has 1 aliphatic rings. The Hall–Kier alpha value is -2.93. The first-order valence-corrected chi connectivity index (χ1v) is 12.3. The van der Waals surface area contributed by atoms with E-state index in [2.05, 4.69) is 21.8 Å². The van der Waals surface area contributed by atoms with Crippen LogP contribution in [0.2, 0.25) is 0 Å². The second kappa shape index (κ2) is 8.78. The summed E-state index contributed by atoms with van der Waals surface area (Å²) < 4.78 is 53.1. The molecule has 1 N–H and O–H groups in total. The number of fused-ring (bicyclic) bond motifs is 1. The quantitative estimate of drug-likeness (QED) is 0.592. The maximum atomic E-state index is 15.0. The fraction of sp³-hybridized carbons (Fsp3) is 0.333. The van der Waals surface area contributed by atoms with Gasteiger partial charge in [-0.15, -0.1) is 0 Å². The Morgan fingerprint density at radius 3 is 2.45 bits per heavy atom. The molecule has 9 heteroatoms. The molecule has 2 heterocycles. The predicted octanol–water partition coefficient (Wildman–Crippen LogP) is 2.93. The summed E-state index contributed by atoms with van der Waals surface area (Å²) in [5, 5.41) is 9.82. The molecule has 2 aromatic carbocycles. The first kappa shape index (κ1) is 23.2. The van der Waals surface area contributed by atoms with E-state index in [1.54, 1.807) is 36.9 Å². The van der Waals surface area contributed by atoms with Crippen LogP contribution in [0.25, 0.3) is 22.2 Å². The number of sulfone groups is 1. The van der Waals surface area contributed by atoms with Crippen LogP contribution in [0.1, 0.15) is 25.1 Å². The molecule has 1 aliphatic heterocycles. The Morgan fingerprint density at radius 2 is 1.82 bits per heavy atom. The van der Waals surface area contributed by atoms with Crippen LogP contribution in [0.3, 0.4) is 0 Å². The number of benzene rings is 2. The first-order chi connectivity index (χ1) is 15.5. The molecule has 172 valence electrons. The number of halogens is 2. The molecule has 33 heavy (non-hydrogen) atoms. The van der Waals surface area contributed by atoms with Crippen LogP contribution in [0.4, 0.5) is 8.78 Å². The van der Waals surface area contributed by atoms with Crippen LogP contribution in [0, 0.1) is 23.5 Å². The van der Waals surface area contributed by atoms with E-state index < -0.39 is 27.1 Å². The Morgan fingerprint density at radius 1 is 1.15 bits per heavy atom. The number of para-hydroxylation sites is 1. The lowest BCUT2D eigenvalue weighted by molar-refractivity contribution is 0.143. The molecule has 4 rings (SSSR count). The summed E-state index contributed by atoms with van der Waals surface area (Å²) >= 11 is 0. The van der Waals surface area contributed by atoms with Crippen molar-refractivity contribution < 1.29 is 22.3 Å². The van der Waals surface area contributed by atoms with Crippen molar-refractivity contribution in [3.8, 4) is 23.0 Å². The molecule has 1 saturated heterocycles. The molecule has 3 aromatic rings. The molecule has 0 saturated carbocycles. The molecular weight excluding hydrogens is 448 g/mol. The van der Waals surface area contributed by atoms with Crippen LogP contribution < -0.4 is 0 Å². The van der Waals surface area contributed by atoms with Crippen molar-refractivity contribution in [1.29, 1.82) is 0 Å². The van der Waals surface area contributed by atoms with Crippen LogP contribution >= 0.6 is 0 Å². The standard InChI is InChI=1S/C24H23F2N3O3S/c1-24(2,30)7-6-17-14-27-22-5-3-4-18(23(22)28-17)16-12-20(25)19(21(26)13-16)15-29-8-10-33(31,32)11-9-29/h3-5,12-14,30H,8-11,15H2,1-2H3. The highest BCUT2D eigenvalue weighted by Crippen LogP contribution is 2.30. The summed E-state index contributed by atoms with van der Waals surface area (Å²) in [6.07, 6.45) is 1.48. The summed E-state index contributed by atoms with van der Waals surface area (Å²) in [4.78, 5) is 10.6. The monoisotopic (exact) mass is 471 g/mol. The SMILES string of the molecule is CC(C)(O)C#Cc1cnc2cccc(-c3cc(F)c(CN4CCS(=O)(=O)CC4)c(F)c3)c2n1. The highest BCUT2D eigenvalue weighted by Gasteiger charge is 2.24. The molecule has 0 bridgehead atoms. The van der Waals surface area contributed by atoms with Gasteiger partial charge >= 0.3 is 0 Å². The van der Waals surface area contributed by atoms with Gasteiger partial charge in [0.05, 0.1) is 28.7 Å². The van der Waals surface area contributed by atoms with E-state index in [4.69, 9.17) is 0 Å². The zero-order valence-corrected chi connectivity index (χ0v) is 19.1. The van der Waals surface area contributed by atoms with Crippen LogP contribution in [-0.2, 0) is 16.4 Å².